The van der Waals surface area contributed by atoms with Crippen LogP contribution in [0, 0.1) is 0 Å². The molecule has 0 aromatic carbocycles. The third-order valence-corrected chi connectivity index (χ3v) is 3.83. The molecule has 0 heterocycles. The van der Waals surface area contributed by atoms with Crippen molar-refractivity contribution in [1.29, 1.82) is 0 Å². The van der Waals surface area contributed by atoms with Crippen molar-refractivity contribution >= 4 is 29.4 Å². The minimum absolute atomic E-state index is 0.387. The number of rotatable bonds is 9. The van der Waals surface area contributed by atoms with E-state index < -0.39 is 36.8 Å². The summed E-state index contributed by atoms with van der Waals surface area (Å²) in [6.07, 6.45) is 1.75. The highest BCUT2D eigenvalue weighted by Gasteiger charge is 2.25. The Morgan fingerprint density at radius 2 is 2.00 bits per heavy atom. The molecule has 0 saturated heterocycles. The van der Waals surface area contributed by atoms with E-state index in [1.165, 1.54) is 11.8 Å². The van der Waals surface area contributed by atoms with Crippen LogP contribution in [-0.4, -0.2) is 35.5 Å². The average Bonchev–Trinajstić information content (AvgIpc) is 2.45. The number of aliphatic carboxylic acids is 1. The Balaban J connectivity index is 5.15. The Labute approximate surface area is 127 Å². The van der Waals surface area contributed by atoms with Gasteiger partial charge in [-0.15, -0.1) is 0 Å². The normalized spacial score (nSPS) is 13.7. The van der Waals surface area contributed by atoms with Gasteiger partial charge in [0.2, 0.25) is 0 Å². The molecular formula is C14H20FNO4S. The molecule has 118 valence electrons. The number of Topliss-reactive ketones (excluding diaryl/α,β-unsaturated/α-hetero) is 1. The molecule has 0 spiro atoms. The minimum Gasteiger partial charge on any atom is -0.481 e. The predicted octanol–water partition coefficient (Wildman–Crippen LogP) is 2.44. The largest absolute Gasteiger partial charge is 0.481 e. The molecule has 0 rings (SSSR count). The molecule has 0 fully saturated rings. The second kappa shape index (κ2) is 10.1. The van der Waals surface area contributed by atoms with Crippen LogP contribution in [0.15, 0.2) is 22.0 Å². The first-order valence-corrected chi connectivity index (χ1v) is 7.34. The van der Waals surface area contributed by atoms with Crippen LogP contribution in [-0.2, 0) is 14.4 Å². The van der Waals surface area contributed by atoms with E-state index in [1.807, 2.05) is 6.92 Å². The summed E-state index contributed by atoms with van der Waals surface area (Å²) in [6.45, 7) is 4.13. The summed E-state index contributed by atoms with van der Waals surface area (Å²) in [6, 6.07) is -1.36. The zero-order valence-electron chi connectivity index (χ0n) is 12.3. The Morgan fingerprint density at radius 3 is 2.43 bits per heavy atom. The lowest BCUT2D eigenvalue weighted by Gasteiger charge is -2.16. The third-order valence-electron chi connectivity index (χ3n) is 2.65. The maximum absolute atomic E-state index is 12.4. The van der Waals surface area contributed by atoms with Crippen LogP contribution in [0.5, 0.6) is 0 Å². The number of halogens is 1. The van der Waals surface area contributed by atoms with Crippen LogP contribution in [0.1, 0.15) is 33.6 Å². The third kappa shape index (κ3) is 7.08. The standard InChI is InChI=1S/C14H20FNO4S/c1-4-6-21-13(9(3)5-2)14(20)16-10(7-12(18)19)11(17)8-15/h4,6,10H,5,7-8H2,1-3H3,(H,16,20)(H,18,19)/b6-4-,13-9?. The maximum atomic E-state index is 12.4. The zero-order valence-corrected chi connectivity index (χ0v) is 13.1. The van der Waals surface area contributed by atoms with Crippen LogP contribution < -0.4 is 5.32 Å². The molecule has 0 aliphatic carbocycles. The smallest absolute Gasteiger partial charge is 0.305 e. The van der Waals surface area contributed by atoms with E-state index in [4.69, 9.17) is 5.11 Å². The zero-order chi connectivity index (χ0) is 16.4. The number of carbonyl (C=O) groups excluding carboxylic acids is 2. The van der Waals surface area contributed by atoms with Gasteiger partial charge in [-0.1, -0.05) is 30.3 Å². The van der Waals surface area contributed by atoms with Crippen molar-refractivity contribution in [2.24, 2.45) is 0 Å². The number of allylic oxidation sites excluding steroid dienone is 2. The summed E-state index contributed by atoms with van der Waals surface area (Å²) in [5.41, 5.74) is 0.803. The summed E-state index contributed by atoms with van der Waals surface area (Å²) in [5.74, 6) is -2.79. The lowest BCUT2D eigenvalue weighted by atomic mass is 10.1. The van der Waals surface area contributed by atoms with Gasteiger partial charge in [0.05, 0.1) is 11.3 Å². The molecule has 1 atom stereocenters. The maximum Gasteiger partial charge on any atom is 0.305 e. The van der Waals surface area contributed by atoms with Gasteiger partial charge in [0.15, 0.2) is 5.78 Å². The fourth-order valence-corrected chi connectivity index (χ4v) is 2.17. The summed E-state index contributed by atoms with van der Waals surface area (Å²) in [5, 5.41) is 12.7. The van der Waals surface area contributed by atoms with E-state index in [2.05, 4.69) is 5.32 Å². The van der Waals surface area contributed by atoms with Gasteiger partial charge in [0.1, 0.15) is 12.7 Å². The Bertz CT molecular complexity index is 460. The Kier molecular flexibility index (Phi) is 9.36. The first-order valence-electron chi connectivity index (χ1n) is 6.46. The van der Waals surface area contributed by atoms with Crippen molar-refractivity contribution in [2.75, 3.05) is 6.67 Å². The highest BCUT2D eigenvalue weighted by molar-refractivity contribution is 8.06. The van der Waals surface area contributed by atoms with E-state index in [9.17, 15) is 18.8 Å². The van der Waals surface area contributed by atoms with Crippen molar-refractivity contribution in [3.8, 4) is 0 Å². The highest BCUT2D eigenvalue weighted by Crippen LogP contribution is 2.23. The van der Waals surface area contributed by atoms with Gasteiger partial charge in [-0.3, -0.25) is 14.4 Å². The van der Waals surface area contributed by atoms with Gasteiger partial charge in [-0.25, -0.2) is 4.39 Å². The topological polar surface area (TPSA) is 83.5 Å². The molecule has 0 aromatic rings. The molecule has 1 unspecified atom stereocenters. The molecule has 0 aliphatic heterocycles. The van der Waals surface area contributed by atoms with Gasteiger partial charge in [-0.2, -0.15) is 0 Å². The minimum atomic E-state index is -1.36. The van der Waals surface area contributed by atoms with Gasteiger partial charge in [-0.05, 0) is 25.7 Å². The Morgan fingerprint density at radius 1 is 1.38 bits per heavy atom. The predicted molar refractivity (Wildman–Crippen MR) is 80.6 cm³/mol. The number of hydrogen-bond donors (Lipinski definition) is 2. The van der Waals surface area contributed by atoms with Crippen LogP contribution in [0.2, 0.25) is 0 Å². The molecule has 21 heavy (non-hydrogen) atoms. The van der Waals surface area contributed by atoms with E-state index in [0.717, 1.165) is 5.57 Å². The number of hydrogen-bond acceptors (Lipinski definition) is 4. The molecule has 1 amide bonds. The highest BCUT2D eigenvalue weighted by atomic mass is 32.2. The van der Waals surface area contributed by atoms with Gasteiger partial charge >= 0.3 is 5.97 Å². The second-order valence-electron chi connectivity index (χ2n) is 4.27. The number of nitrogens with one attached hydrogen (secondary N) is 1. The van der Waals surface area contributed by atoms with Crippen LogP contribution >= 0.6 is 11.8 Å². The van der Waals surface area contributed by atoms with Crippen LogP contribution in [0.3, 0.4) is 0 Å². The van der Waals surface area contributed by atoms with Crippen LogP contribution in [0.25, 0.3) is 0 Å². The number of carboxylic acid groups (broad SMARTS) is 1. The molecule has 0 aliphatic rings. The first-order chi connectivity index (χ1) is 9.87. The van der Waals surface area contributed by atoms with Gasteiger partial charge in [0, 0.05) is 0 Å². The number of alkyl halides is 1. The monoisotopic (exact) mass is 317 g/mol. The fourth-order valence-electron chi connectivity index (χ4n) is 1.38. The molecular weight excluding hydrogens is 297 g/mol. The molecule has 0 aromatic heterocycles. The lowest BCUT2D eigenvalue weighted by molar-refractivity contribution is -0.140. The number of amides is 1. The number of thioether (sulfide) groups is 1. The van der Waals surface area contributed by atoms with E-state index in [1.54, 1.807) is 25.3 Å². The number of carboxylic acids is 1. The van der Waals surface area contributed by atoms with Crippen molar-refractivity contribution in [1.82, 2.24) is 5.32 Å². The molecule has 5 nitrogen and oxygen atoms in total. The summed E-state index contributed by atoms with van der Waals surface area (Å²) in [7, 11) is 0. The summed E-state index contributed by atoms with van der Waals surface area (Å²) >= 11 is 1.18. The van der Waals surface area contributed by atoms with Gasteiger partial charge in [0.25, 0.3) is 5.91 Å². The van der Waals surface area contributed by atoms with Crippen molar-refractivity contribution in [2.45, 2.75) is 39.7 Å². The second-order valence-corrected chi connectivity index (χ2v) is 5.19. The molecule has 0 bridgehead atoms. The number of carbonyl (C=O) groups is 3. The first kappa shape index (κ1) is 19.4. The lowest BCUT2D eigenvalue weighted by Crippen LogP contribution is -2.43. The van der Waals surface area contributed by atoms with E-state index in [-0.39, 0.29) is 0 Å². The number of ketones is 1. The van der Waals surface area contributed by atoms with E-state index in [0.29, 0.717) is 11.3 Å². The quantitative estimate of drug-likeness (QED) is 0.638. The van der Waals surface area contributed by atoms with Crippen molar-refractivity contribution < 1.29 is 23.9 Å². The fraction of sp³-hybridized carbons (Fsp3) is 0.500. The van der Waals surface area contributed by atoms with Crippen LogP contribution in [0.4, 0.5) is 4.39 Å². The molecule has 0 saturated carbocycles. The Hall–Kier alpha value is -1.63. The summed E-state index contributed by atoms with van der Waals surface area (Å²) in [4.78, 5) is 34.6. The summed E-state index contributed by atoms with van der Waals surface area (Å²) < 4.78 is 12.4. The molecule has 2 N–H and O–H groups in total. The van der Waals surface area contributed by atoms with Gasteiger partial charge < -0.3 is 10.4 Å². The molecule has 7 heteroatoms. The average molecular weight is 317 g/mol. The van der Waals surface area contributed by atoms with E-state index >= 15 is 0 Å². The van der Waals surface area contributed by atoms with Crippen molar-refractivity contribution in [3.63, 3.8) is 0 Å². The van der Waals surface area contributed by atoms with Crippen molar-refractivity contribution in [3.05, 3.63) is 22.0 Å². The molecule has 0 radical (unpaired) electrons. The SMILES string of the molecule is C/C=C\SC(C(=O)NC(CC(=O)O)C(=O)CF)=C(C)CC.